The molecular formula is C16H11I2N6O2-. The van der Waals surface area contributed by atoms with Gasteiger partial charge in [-0.1, -0.05) is 0 Å². The molecule has 3 heterocycles. The SMILES string of the molecule is NC(=O)c1cnn2c(C(=O)Nc3ccc4nn([I-]I)cc4c3)ccc2c1. The Morgan fingerprint density at radius 3 is 2.81 bits per heavy atom. The summed E-state index contributed by atoms with van der Waals surface area (Å²) in [6, 6.07) is 10.6. The molecule has 0 aliphatic heterocycles. The van der Waals surface area contributed by atoms with Crippen LogP contribution >= 0.6 is 18.6 Å². The fraction of sp³-hybridized carbons (Fsp3) is 0. The molecule has 0 unspecified atom stereocenters. The number of aromatic nitrogens is 4. The maximum absolute atomic E-state index is 12.6. The second-order valence-corrected chi connectivity index (χ2v) is 9.27. The van der Waals surface area contributed by atoms with Crippen molar-refractivity contribution in [3.63, 3.8) is 0 Å². The number of nitrogens with one attached hydrogen (secondary N) is 1. The third kappa shape index (κ3) is 3.13. The van der Waals surface area contributed by atoms with Crippen molar-refractivity contribution in [3.05, 3.63) is 60.0 Å². The Labute approximate surface area is 167 Å². The van der Waals surface area contributed by atoms with Gasteiger partial charge in [0.25, 0.3) is 0 Å². The number of amides is 2. The van der Waals surface area contributed by atoms with Gasteiger partial charge in [-0.2, -0.15) is 0 Å². The average molecular weight is 573 g/mol. The number of hydrogen-bond acceptors (Lipinski definition) is 4. The molecule has 0 bridgehead atoms. The molecule has 4 rings (SSSR count). The number of anilines is 1. The van der Waals surface area contributed by atoms with E-state index in [2.05, 4.69) is 34.1 Å². The second-order valence-electron chi connectivity index (χ2n) is 5.47. The Bertz CT molecular complexity index is 1170. The van der Waals surface area contributed by atoms with E-state index in [-0.39, 0.29) is 23.4 Å². The van der Waals surface area contributed by atoms with Gasteiger partial charge in [-0.05, 0) is 0 Å². The molecule has 3 N–H and O–H groups in total. The first kappa shape index (κ1) is 17.2. The van der Waals surface area contributed by atoms with E-state index in [1.807, 2.05) is 27.3 Å². The van der Waals surface area contributed by atoms with Gasteiger partial charge in [0.2, 0.25) is 5.91 Å². The van der Waals surface area contributed by atoms with Gasteiger partial charge in [0.15, 0.2) is 0 Å². The topological polar surface area (TPSA) is 107 Å². The van der Waals surface area contributed by atoms with Crippen LogP contribution in [-0.2, 0) is 0 Å². The van der Waals surface area contributed by atoms with Crippen LogP contribution in [-0.4, -0.2) is 29.4 Å². The number of carbonyl (C=O) groups excluding carboxylic acids is 2. The molecule has 0 saturated carbocycles. The van der Waals surface area contributed by atoms with E-state index in [9.17, 15) is 9.59 Å². The summed E-state index contributed by atoms with van der Waals surface area (Å²) in [5, 5.41) is 12.4. The number of nitrogens with two attached hydrogens (primary N) is 1. The fourth-order valence-electron chi connectivity index (χ4n) is 2.61. The van der Waals surface area contributed by atoms with Crippen LogP contribution in [0.5, 0.6) is 0 Å². The first-order valence-electron chi connectivity index (χ1n) is 7.40. The molecule has 0 spiro atoms. The molecule has 10 heteroatoms. The number of hydrogen-bond donors (Lipinski definition) is 2. The molecule has 2 amide bonds. The van der Waals surface area contributed by atoms with Crippen molar-refractivity contribution in [1.82, 2.24) is 17.6 Å². The fourth-order valence-corrected chi connectivity index (χ4v) is 4.58. The van der Waals surface area contributed by atoms with Gasteiger partial charge >= 0.3 is 152 Å². The molecule has 0 aliphatic rings. The van der Waals surface area contributed by atoms with Crippen LogP contribution in [0.2, 0.25) is 0 Å². The Kier molecular flexibility index (Phi) is 4.52. The van der Waals surface area contributed by atoms with Gasteiger partial charge < -0.3 is 5.73 Å². The minimum absolute atomic E-state index is 0.181. The van der Waals surface area contributed by atoms with Crippen LogP contribution in [0.15, 0.2) is 48.8 Å². The standard InChI is InChI=1S/C16H11I2N6O2/c17-18-23-8-10-5-11(1-3-13(10)22-23)21-16(26)14-4-2-12-6-9(15(19)25)7-20-24(12)14/h1-8H,(H2,19,25)(H,21,26)/q-1. The molecule has 3 aromatic heterocycles. The second kappa shape index (κ2) is 6.83. The van der Waals surface area contributed by atoms with Crippen molar-refractivity contribution in [2.24, 2.45) is 5.73 Å². The van der Waals surface area contributed by atoms with Crippen LogP contribution in [0.3, 0.4) is 0 Å². The quantitative estimate of drug-likeness (QED) is 0.313. The zero-order valence-electron chi connectivity index (χ0n) is 13.1. The van der Waals surface area contributed by atoms with Gasteiger partial charge in [-0.15, -0.1) is 0 Å². The maximum atomic E-state index is 12.6. The molecule has 132 valence electrons. The normalized spacial score (nSPS) is 11.3. The van der Waals surface area contributed by atoms with Crippen molar-refractivity contribution in [1.29, 1.82) is 0 Å². The van der Waals surface area contributed by atoms with Crippen molar-refractivity contribution >= 4 is 52.5 Å². The Morgan fingerprint density at radius 2 is 2.04 bits per heavy atom. The summed E-state index contributed by atoms with van der Waals surface area (Å²) in [6.45, 7) is 0. The average Bonchev–Trinajstić information content (AvgIpc) is 3.24. The van der Waals surface area contributed by atoms with Crippen LogP contribution in [0.1, 0.15) is 20.8 Å². The summed E-state index contributed by atoms with van der Waals surface area (Å²) < 4.78 is 3.41. The summed E-state index contributed by atoms with van der Waals surface area (Å²) in [7, 11) is 0. The molecule has 1 aromatic carbocycles. The van der Waals surface area contributed by atoms with E-state index in [4.69, 9.17) is 5.73 Å². The van der Waals surface area contributed by atoms with Gasteiger partial charge in [0.1, 0.15) is 0 Å². The third-order valence-corrected chi connectivity index (χ3v) is 7.19. The molecule has 0 atom stereocenters. The predicted octanol–water partition coefficient (Wildman–Crippen LogP) is -0.763. The summed E-state index contributed by atoms with van der Waals surface area (Å²) in [5.41, 5.74) is 8.11. The van der Waals surface area contributed by atoms with Gasteiger partial charge in [0, 0.05) is 0 Å². The van der Waals surface area contributed by atoms with E-state index < -0.39 is 5.91 Å². The van der Waals surface area contributed by atoms with Crippen LogP contribution in [0.4, 0.5) is 5.69 Å². The van der Waals surface area contributed by atoms with Gasteiger partial charge in [0.05, 0.1) is 0 Å². The Morgan fingerprint density at radius 1 is 1.19 bits per heavy atom. The first-order valence-corrected chi connectivity index (χ1v) is 14.7. The third-order valence-electron chi connectivity index (χ3n) is 3.82. The first-order chi connectivity index (χ1) is 12.5. The number of rotatable bonds is 4. The van der Waals surface area contributed by atoms with E-state index >= 15 is 0 Å². The van der Waals surface area contributed by atoms with Gasteiger partial charge in [-0.25, -0.2) is 0 Å². The number of fused-ring (bicyclic) bond motifs is 2. The monoisotopic (exact) mass is 573 g/mol. The molecule has 8 nitrogen and oxygen atoms in total. The number of carbonyl (C=O) groups is 2. The summed E-state index contributed by atoms with van der Waals surface area (Å²) in [4.78, 5) is 23.9. The van der Waals surface area contributed by atoms with Crippen molar-refractivity contribution in [2.45, 2.75) is 0 Å². The molecule has 0 saturated heterocycles. The molecular weight excluding hydrogens is 562 g/mol. The predicted molar refractivity (Wildman–Crippen MR) is 101 cm³/mol. The van der Waals surface area contributed by atoms with Crippen LogP contribution < -0.4 is 28.6 Å². The summed E-state index contributed by atoms with van der Waals surface area (Å²) in [6.07, 6.45) is 3.32. The number of nitrogens with zero attached hydrogens (tertiary/aromatic N) is 4. The molecule has 26 heavy (non-hydrogen) atoms. The van der Waals surface area contributed by atoms with Crippen molar-refractivity contribution in [3.8, 4) is 0 Å². The van der Waals surface area contributed by atoms with E-state index in [1.165, 1.54) is 10.7 Å². The molecule has 4 aromatic rings. The number of benzene rings is 1. The van der Waals surface area contributed by atoms with Crippen LogP contribution in [0, 0.1) is 0 Å². The number of primary amides is 1. The van der Waals surface area contributed by atoms with Crippen LogP contribution in [0.25, 0.3) is 16.4 Å². The zero-order chi connectivity index (χ0) is 18.3. The minimum atomic E-state index is -0.560. The summed E-state index contributed by atoms with van der Waals surface area (Å²) in [5.74, 6) is -0.854. The van der Waals surface area contributed by atoms with E-state index in [0.717, 1.165) is 10.9 Å². The molecule has 0 radical (unpaired) electrons. The van der Waals surface area contributed by atoms with Gasteiger partial charge in [-0.3, -0.25) is 4.79 Å². The van der Waals surface area contributed by atoms with E-state index in [1.54, 1.807) is 18.2 Å². The summed E-state index contributed by atoms with van der Waals surface area (Å²) >= 11 is 2.16. The van der Waals surface area contributed by atoms with E-state index in [0.29, 0.717) is 22.5 Å². The number of halogens is 2. The molecule has 0 aliphatic carbocycles. The van der Waals surface area contributed by atoms with Crippen molar-refractivity contribution < 1.29 is 27.1 Å². The Balaban J connectivity index is 1.63. The molecule has 0 fully saturated rings. The zero-order valence-corrected chi connectivity index (χ0v) is 17.4. The Hall–Kier alpha value is -2.22. The van der Waals surface area contributed by atoms with Crippen molar-refractivity contribution in [2.75, 3.05) is 5.32 Å².